The second-order valence-electron chi connectivity index (χ2n) is 12.2. The van der Waals surface area contributed by atoms with E-state index in [0.29, 0.717) is 6.42 Å². The molecule has 0 aromatic carbocycles. The van der Waals surface area contributed by atoms with E-state index in [4.69, 9.17) is 19.3 Å². The van der Waals surface area contributed by atoms with Gasteiger partial charge in [0.2, 0.25) is 0 Å². The fourth-order valence-electron chi connectivity index (χ4n) is 5.20. The molecule has 0 saturated carbocycles. The number of phosphoric ester groups is 1. The molecule has 8 nitrogen and oxygen atoms in total. The van der Waals surface area contributed by atoms with Gasteiger partial charge in [-0.1, -0.05) is 162 Å². The summed E-state index contributed by atoms with van der Waals surface area (Å²) in [5, 5.41) is 0. The fraction of sp³-hybridized carbons (Fsp3) is 0.941. The molecule has 0 fully saturated rings. The third-order valence-electron chi connectivity index (χ3n) is 7.88. The molecule has 1 unspecified atom stereocenters. The van der Waals surface area contributed by atoms with Crippen molar-refractivity contribution >= 4 is 19.8 Å². The maximum atomic E-state index is 12.3. The van der Waals surface area contributed by atoms with Gasteiger partial charge >= 0.3 is 19.8 Å². The number of hydrogen-bond acceptors (Lipinski definition) is 6. The summed E-state index contributed by atoms with van der Waals surface area (Å²) >= 11 is 0. The Kier molecular flexibility index (Phi) is 30.4. The van der Waals surface area contributed by atoms with Crippen LogP contribution < -0.4 is 0 Å². The van der Waals surface area contributed by atoms with Crippen LogP contribution in [-0.2, 0) is 28.2 Å². The Morgan fingerprint density at radius 2 is 0.837 bits per heavy atom. The largest absolute Gasteiger partial charge is 0.469 e. The number of carbonyl (C=O) groups is 2. The average Bonchev–Trinajstić information content (AvgIpc) is 2.97. The van der Waals surface area contributed by atoms with Gasteiger partial charge in [-0.25, -0.2) is 4.57 Å². The zero-order chi connectivity index (χ0) is 31.9. The predicted octanol–water partition coefficient (Wildman–Crippen LogP) is 10.1. The van der Waals surface area contributed by atoms with Crippen molar-refractivity contribution in [1.29, 1.82) is 0 Å². The van der Waals surface area contributed by atoms with Gasteiger partial charge in [0.05, 0.1) is 6.61 Å². The SMILES string of the molecule is CCCCCCCCCCCCCCCCCCCCCC(=O)OC(COC(=O)CCCCCCCC)COP(=O)(O)O. The predicted molar refractivity (Wildman–Crippen MR) is 175 cm³/mol. The third-order valence-corrected chi connectivity index (χ3v) is 8.36. The lowest BCUT2D eigenvalue weighted by Gasteiger charge is -2.18. The Labute approximate surface area is 264 Å². The van der Waals surface area contributed by atoms with Crippen molar-refractivity contribution in [3.63, 3.8) is 0 Å². The first-order valence-electron chi connectivity index (χ1n) is 17.8. The monoisotopic (exact) mass is 634 g/mol. The topological polar surface area (TPSA) is 119 Å². The molecule has 0 aliphatic carbocycles. The number of esters is 2. The average molecular weight is 635 g/mol. The molecule has 0 bridgehead atoms. The highest BCUT2D eigenvalue weighted by atomic mass is 31.2. The van der Waals surface area contributed by atoms with E-state index in [-0.39, 0.29) is 19.4 Å². The molecule has 2 N–H and O–H groups in total. The molecule has 0 saturated heterocycles. The number of rotatable bonds is 33. The number of ether oxygens (including phenoxy) is 2. The maximum absolute atomic E-state index is 12.3. The van der Waals surface area contributed by atoms with Gasteiger partial charge in [-0.15, -0.1) is 0 Å². The maximum Gasteiger partial charge on any atom is 0.469 e. The van der Waals surface area contributed by atoms with Crippen molar-refractivity contribution in [1.82, 2.24) is 0 Å². The van der Waals surface area contributed by atoms with Gasteiger partial charge in [-0.05, 0) is 12.8 Å². The Morgan fingerprint density at radius 3 is 1.19 bits per heavy atom. The number of unbranched alkanes of at least 4 members (excludes halogenated alkanes) is 23. The Bertz CT molecular complexity index is 681. The van der Waals surface area contributed by atoms with E-state index in [1.807, 2.05) is 0 Å². The second kappa shape index (κ2) is 31.0. The first-order valence-corrected chi connectivity index (χ1v) is 19.4. The minimum Gasteiger partial charge on any atom is -0.462 e. The molecule has 9 heteroatoms. The van der Waals surface area contributed by atoms with Crippen LogP contribution in [0.3, 0.4) is 0 Å². The molecule has 0 aliphatic heterocycles. The zero-order valence-corrected chi connectivity index (χ0v) is 28.8. The molecule has 0 aromatic heterocycles. The Morgan fingerprint density at radius 1 is 0.512 bits per heavy atom. The molecule has 0 heterocycles. The molecule has 0 aromatic rings. The Hall–Kier alpha value is -0.950. The molecule has 0 amide bonds. The lowest BCUT2D eigenvalue weighted by Crippen LogP contribution is -2.29. The fourth-order valence-corrected chi connectivity index (χ4v) is 5.56. The van der Waals surface area contributed by atoms with E-state index in [1.165, 1.54) is 116 Å². The highest BCUT2D eigenvalue weighted by molar-refractivity contribution is 7.46. The molecular weight excluding hydrogens is 567 g/mol. The van der Waals surface area contributed by atoms with E-state index in [9.17, 15) is 14.2 Å². The molecule has 0 spiro atoms. The summed E-state index contributed by atoms with van der Waals surface area (Å²) in [6, 6.07) is 0. The minimum absolute atomic E-state index is 0.219. The zero-order valence-electron chi connectivity index (χ0n) is 27.9. The van der Waals surface area contributed by atoms with Crippen molar-refractivity contribution in [3.8, 4) is 0 Å². The van der Waals surface area contributed by atoms with Crippen LogP contribution in [0.5, 0.6) is 0 Å². The van der Waals surface area contributed by atoms with Crippen molar-refractivity contribution in [2.75, 3.05) is 13.2 Å². The first kappa shape index (κ1) is 42.0. The van der Waals surface area contributed by atoms with Crippen molar-refractivity contribution in [2.24, 2.45) is 0 Å². The van der Waals surface area contributed by atoms with Crippen LogP contribution in [0.2, 0.25) is 0 Å². The summed E-state index contributed by atoms with van der Waals surface area (Å²) in [6.07, 6.45) is 30.0. The summed E-state index contributed by atoms with van der Waals surface area (Å²) in [5.41, 5.74) is 0. The molecule has 1 atom stereocenters. The number of carbonyl (C=O) groups excluding carboxylic acids is 2. The molecular formula is C34H67O8P. The number of hydrogen-bond donors (Lipinski definition) is 2. The molecule has 0 rings (SSSR count). The highest BCUT2D eigenvalue weighted by Crippen LogP contribution is 2.36. The quantitative estimate of drug-likeness (QED) is 0.0416. The van der Waals surface area contributed by atoms with E-state index < -0.39 is 32.5 Å². The summed E-state index contributed by atoms with van der Waals surface area (Å²) in [6.45, 7) is 3.61. The van der Waals surface area contributed by atoms with Gasteiger partial charge in [-0.3, -0.25) is 14.1 Å². The van der Waals surface area contributed by atoms with Crippen LogP contribution in [0, 0.1) is 0 Å². The van der Waals surface area contributed by atoms with Gasteiger partial charge in [0.15, 0.2) is 6.10 Å². The van der Waals surface area contributed by atoms with Gasteiger partial charge in [-0.2, -0.15) is 0 Å². The molecule has 43 heavy (non-hydrogen) atoms. The van der Waals surface area contributed by atoms with E-state index in [2.05, 4.69) is 18.4 Å². The van der Waals surface area contributed by atoms with Crippen LogP contribution >= 0.6 is 7.82 Å². The van der Waals surface area contributed by atoms with Crippen molar-refractivity contribution in [2.45, 2.75) is 193 Å². The van der Waals surface area contributed by atoms with Crippen LogP contribution in [0.4, 0.5) is 0 Å². The van der Waals surface area contributed by atoms with Gasteiger partial charge < -0.3 is 19.3 Å². The summed E-state index contributed by atoms with van der Waals surface area (Å²) in [7, 11) is -4.73. The van der Waals surface area contributed by atoms with E-state index in [1.54, 1.807) is 0 Å². The molecule has 0 radical (unpaired) electrons. The lowest BCUT2D eigenvalue weighted by atomic mass is 10.0. The summed E-state index contributed by atoms with van der Waals surface area (Å²) in [4.78, 5) is 42.3. The lowest BCUT2D eigenvalue weighted by molar-refractivity contribution is -0.161. The van der Waals surface area contributed by atoms with Crippen LogP contribution in [0.25, 0.3) is 0 Å². The second-order valence-corrected chi connectivity index (χ2v) is 13.5. The van der Waals surface area contributed by atoms with Crippen molar-refractivity contribution in [3.05, 3.63) is 0 Å². The normalized spacial score (nSPS) is 12.4. The molecule has 256 valence electrons. The highest BCUT2D eigenvalue weighted by Gasteiger charge is 2.22. The van der Waals surface area contributed by atoms with Crippen LogP contribution in [-0.4, -0.2) is 41.0 Å². The van der Waals surface area contributed by atoms with Crippen molar-refractivity contribution < 1.29 is 37.9 Å². The van der Waals surface area contributed by atoms with Gasteiger partial charge in [0.1, 0.15) is 6.61 Å². The van der Waals surface area contributed by atoms with Gasteiger partial charge in [0.25, 0.3) is 0 Å². The minimum atomic E-state index is -4.73. The molecule has 0 aliphatic rings. The smallest absolute Gasteiger partial charge is 0.462 e. The summed E-state index contributed by atoms with van der Waals surface area (Å²) in [5.74, 6) is -0.884. The standard InChI is InChI=1S/C34H67O8P/c1-3-5-7-9-11-12-13-14-15-16-17-18-19-20-21-22-23-25-27-29-34(36)42-32(31-41-43(37,38)39)30-40-33(35)28-26-24-10-8-6-4-2/h32H,3-31H2,1-2H3,(H2,37,38,39). The van der Waals surface area contributed by atoms with Crippen LogP contribution in [0.15, 0.2) is 0 Å². The summed E-state index contributed by atoms with van der Waals surface area (Å²) < 4.78 is 26.1. The van der Waals surface area contributed by atoms with Gasteiger partial charge in [0, 0.05) is 12.8 Å². The van der Waals surface area contributed by atoms with E-state index >= 15 is 0 Å². The first-order chi connectivity index (χ1) is 20.8. The Balaban J connectivity index is 3.81. The van der Waals surface area contributed by atoms with Crippen LogP contribution in [0.1, 0.15) is 187 Å². The number of phosphoric acid groups is 1. The van der Waals surface area contributed by atoms with E-state index in [0.717, 1.165) is 38.5 Å². The third kappa shape index (κ3) is 33.8.